The number of esters is 4. The summed E-state index contributed by atoms with van der Waals surface area (Å²) < 4.78 is 68.3. The number of unbranched alkanes of at least 4 members (excludes halogenated alkanes) is 35. The molecule has 540 valence electrons. The smallest absolute Gasteiger partial charge is 0.462 e. The maximum absolute atomic E-state index is 13.0. The number of carbonyl (C=O) groups is 4. The maximum Gasteiger partial charge on any atom is 0.472 e. The highest BCUT2D eigenvalue weighted by Crippen LogP contribution is 2.45. The first-order valence-electron chi connectivity index (χ1n) is 37.2. The van der Waals surface area contributed by atoms with Crippen molar-refractivity contribution in [1.82, 2.24) is 0 Å². The van der Waals surface area contributed by atoms with Crippen molar-refractivity contribution in [1.29, 1.82) is 0 Å². The minimum atomic E-state index is -4.95. The van der Waals surface area contributed by atoms with Crippen LogP contribution in [0.4, 0.5) is 0 Å². The molecule has 0 aliphatic rings. The van der Waals surface area contributed by atoms with Crippen molar-refractivity contribution in [2.45, 2.75) is 375 Å². The molecule has 0 aliphatic heterocycles. The largest absolute Gasteiger partial charge is 0.472 e. The summed E-state index contributed by atoms with van der Waals surface area (Å²) >= 11 is 0. The molecule has 0 rings (SSSR count). The van der Waals surface area contributed by atoms with E-state index in [1.54, 1.807) is 0 Å². The van der Waals surface area contributed by atoms with Crippen LogP contribution in [0, 0.1) is 23.7 Å². The zero-order chi connectivity index (χ0) is 67.5. The highest BCUT2D eigenvalue weighted by Gasteiger charge is 2.30. The molecule has 0 saturated carbocycles. The van der Waals surface area contributed by atoms with Crippen LogP contribution < -0.4 is 0 Å². The fraction of sp³-hybridized carbons (Fsp3) is 0.944. The highest BCUT2D eigenvalue weighted by atomic mass is 31.2. The lowest BCUT2D eigenvalue weighted by Gasteiger charge is -2.21. The molecular formula is C72H140O17P2. The number of aliphatic hydroxyl groups is 1. The van der Waals surface area contributed by atoms with Gasteiger partial charge in [0.05, 0.1) is 26.4 Å². The van der Waals surface area contributed by atoms with Crippen molar-refractivity contribution in [3.05, 3.63) is 0 Å². The first kappa shape index (κ1) is 89.1. The summed E-state index contributed by atoms with van der Waals surface area (Å²) in [5, 5.41) is 10.6. The fourth-order valence-electron chi connectivity index (χ4n) is 10.8. The van der Waals surface area contributed by atoms with Gasteiger partial charge in [-0.05, 0) is 49.4 Å². The molecule has 0 aromatic heterocycles. The number of phosphoric ester groups is 2. The molecule has 5 atom stereocenters. The van der Waals surface area contributed by atoms with Crippen molar-refractivity contribution in [2.75, 3.05) is 39.6 Å². The molecular weight excluding hydrogens is 1200 g/mol. The summed E-state index contributed by atoms with van der Waals surface area (Å²) in [5.41, 5.74) is 0. The Labute approximate surface area is 556 Å². The van der Waals surface area contributed by atoms with Gasteiger partial charge in [-0.3, -0.25) is 37.3 Å². The van der Waals surface area contributed by atoms with Gasteiger partial charge in [0.2, 0.25) is 0 Å². The van der Waals surface area contributed by atoms with Gasteiger partial charge in [0.1, 0.15) is 19.3 Å². The normalized spacial score (nSPS) is 14.2. The lowest BCUT2D eigenvalue weighted by Crippen LogP contribution is -2.30. The Hall–Kier alpha value is -1.94. The van der Waals surface area contributed by atoms with Gasteiger partial charge in [0.15, 0.2) is 12.2 Å². The Morgan fingerprint density at radius 1 is 0.275 bits per heavy atom. The number of phosphoric acid groups is 2. The van der Waals surface area contributed by atoms with Crippen LogP contribution in [0.2, 0.25) is 0 Å². The average Bonchev–Trinajstić information content (AvgIpc) is 2.39. The number of aliphatic hydroxyl groups excluding tert-OH is 1. The Morgan fingerprint density at radius 3 is 0.681 bits per heavy atom. The summed E-state index contributed by atoms with van der Waals surface area (Å²) in [6.45, 7) is 14.1. The Bertz CT molecular complexity index is 1800. The Kier molecular flexibility index (Phi) is 60.3. The van der Waals surface area contributed by atoms with E-state index in [-0.39, 0.29) is 25.7 Å². The molecule has 3 N–H and O–H groups in total. The Balaban J connectivity index is 5.22. The van der Waals surface area contributed by atoms with Gasteiger partial charge in [0, 0.05) is 25.7 Å². The molecule has 0 aromatic rings. The molecule has 0 aromatic carbocycles. The van der Waals surface area contributed by atoms with Gasteiger partial charge in [-0.1, -0.05) is 306 Å². The van der Waals surface area contributed by atoms with Gasteiger partial charge in [0.25, 0.3) is 0 Å². The number of ether oxygens (including phenoxy) is 4. The van der Waals surface area contributed by atoms with E-state index in [0.717, 1.165) is 108 Å². The summed E-state index contributed by atoms with van der Waals surface area (Å²) in [6, 6.07) is 0. The molecule has 0 spiro atoms. The van der Waals surface area contributed by atoms with Gasteiger partial charge in [-0.15, -0.1) is 0 Å². The minimum absolute atomic E-state index is 0.101. The lowest BCUT2D eigenvalue weighted by atomic mass is 10.0. The number of rotatable bonds is 69. The second-order valence-corrected chi connectivity index (χ2v) is 30.8. The van der Waals surface area contributed by atoms with Crippen molar-refractivity contribution in [3.8, 4) is 0 Å². The van der Waals surface area contributed by atoms with Crippen molar-refractivity contribution in [3.63, 3.8) is 0 Å². The first-order valence-corrected chi connectivity index (χ1v) is 40.2. The molecule has 91 heavy (non-hydrogen) atoms. The molecule has 19 heteroatoms. The van der Waals surface area contributed by atoms with Gasteiger partial charge in [-0.2, -0.15) is 0 Å². The van der Waals surface area contributed by atoms with Crippen molar-refractivity contribution < 1.29 is 80.2 Å². The molecule has 0 amide bonds. The molecule has 0 heterocycles. The standard InChI is InChI=1S/C72H140O17P2/c1-62(2)48-40-32-24-18-14-12-10-9-11-13-15-21-29-38-46-54-71(76)88-67(58-82-69(74)52-44-36-27-20-17-16-19-25-33-41-49-63(3)4)60-86-90(78,79)84-56-66(73)57-85-91(80,81)87-61-68(89-72(77)55-47-39-31-30-35-43-51-65(7)8)59-83-70(75)53-45-37-28-23-22-26-34-42-50-64(5)6/h62-68,73H,9-61H2,1-8H3,(H,78,79)(H,80,81)/t66?,67-,68-/m1/s1. The molecule has 0 fully saturated rings. The predicted molar refractivity (Wildman–Crippen MR) is 367 cm³/mol. The van der Waals surface area contributed by atoms with E-state index in [2.05, 4.69) is 55.4 Å². The molecule has 3 unspecified atom stereocenters. The SMILES string of the molecule is CC(C)CCCCCCCCCCCCCCCCCC(=O)O[C@H](COC(=O)CCCCCCCCCCCCC(C)C)COP(=O)(O)OCC(O)COP(=O)(O)OC[C@@H](COC(=O)CCCCCCCCCCC(C)C)OC(=O)CCCCCCCCC(C)C. The van der Waals surface area contributed by atoms with Crippen LogP contribution in [0.5, 0.6) is 0 Å². The van der Waals surface area contributed by atoms with Gasteiger partial charge in [-0.25, -0.2) is 9.13 Å². The second-order valence-electron chi connectivity index (χ2n) is 27.9. The van der Waals surface area contributed by atoms with Crippen LogP contribution in [0.15, 0.2) is 0 Å². The molecule has 0 bridgehead atoms. The van der Waals surface area contributed by atoms with E-state index in [0.29, 0.717) is 31.6 Å². The van der Waals surface area contributed by atoms with Crippen LogP contribution in [-0.4, -0.2) is 96.7 Å². The molecule has 17 nitrogen and oxygen atoms in total. The van der Waals surface area contributed by atoms with Crippen LogP contribution in [-0.2, 0) is 65.4 Å². The minimum Gasteiger partial charge on any atom is -0.462 e. The zero-order valence-corrected chi connectivity index (χ0v) is 61.3. The van der Waals surface area contributed by atoms with E-state index in [4.69, 9.17) is 37.0 Å². The number of carbonyl (C=O) groups excluding carboxylic acids is 4. The topological polar surface area (TPSA) is 237 Å². The van der Waals surface area contributed by atoms with Gasteiger partial charge >= 0.3 is 39.5 Å². The Morgan fingerprint density at radius 2 is 0.462 bits per heavy atom. The highest BCUT2D eigenvalue weighted by molar-refractivity contribution is 7.47. The predicted octanol–water partition coefficient (Wildman–Crippen LogP) is 20.5. The monoisotopic (exact) mass is 1340 g/mol. The van der Waals surface area contributed by atoms with E-state index in [1.165, 1.54) is 161 Å². The van der Waals surface area contributed by atoms with E-state index in [9.17, 15) is 43.2 Å². The average molecular weight is 1340 g/mol. The summed E-state index contributed by atoms with van der Waals surface area (Å²) in [5.74, 6) is 0.826. The van der Waals surface area contributed by atoms with Crippen LogP contribution in [0.1, 0.15) is 357 Å². The molecule has 0 aliphatic carbocycles. The van der Waals surface area contributed by atoms with E-state index >= 15 is 0 Å². The van der Waals surface area contributed by atoms with Gasteiger partial charge < -0.3 is 33.8 Å². The van der Waals surface area contributed by atoms with E-state index < -0.39 is 97.5 Å². The third-order valence-electron chi connectivity index (χ3n) is 16.6. The maximum atomic E-state index is 13.0. The third-order valence-corrected chi connectivity index (χ3v) is 18.5. The van der Waals surface area contributed by atoms with Crippen LogP contribution >= 0.6 is 15.6 Å². The lowest BCUT2D eigenvalue weighted by molar-refractivity contribution is -0.161. The van der Waals surface area contributed by atoms with Crippen molar-refractivity contribution >= 4 is 39.5 Å². The third kappa shape index (κ3) is 66.5. The summed E-state index contributed by atoms with van der Waals surface area (Å²) in [7, 11) is -9.90. The van der Waals surface area contributed by atoms with Crippen molar-refractivity contribution in [2.24, 2.45) is 23.7 Å². The summed E-state index contributed by atoms with van der Waals surface area (Å²) in [6.07, 6.45) is 44.7. The number of hydrogen-bond acceptors (Lipinski definition) is 15. The van der Waals surface area contributed by atoms with Crippen LogP contribution in [0.3, 0.4) is 0 Å². The second kappa shape index (κ2) is 61.6. The quantitative estimate of drug-likeness (QED) is 0.0222. The molecule has 0 radical (unpaired) electrons. The number of hydrogen-bond donors (Lipinski definition) is 3. The van der Waals surface area contributed by atoms with E-state index in [1.807, 2.05) is 0 Å². The molecule has 0 saturated heterocycles. The fourth-order valence-corrected chi connectivity index (χ4v) is 12.4. The summed E-state index contributed by atoms with van der Waals surface area (Å²) in [4.78, 5) is 72.6. The van der Waals surface area contributed by atoms with Crippen LogP contribution in [0.25, 0.3) is 0 Å². The zero-order valence-electron chi connectivity index (χ0n) is 59.5. The first-order chi connectivity index (χ1) is 43.6.